The summed E-state index contributed by atoms with van der Waals surface area (Å²) in [6, 6.07) is 3.76. The van der Waals surface area contributed by atoms with Crippen LogP contribution < -0.4 is 10.1 Å². The van der Waals surface area contributed by atoms with E-state index in [9.17, 15) is 5.11 Å². The second-order valence-corrected chi connectivity index (χ2v) is 4.99. The Morgan fingerprint density at radius 2 is 2.14 bits per heavy atom. The molecule has 21 heavy (non-hydrogen) atoms. The topological polar surface area (TPSA) is 72.8 Å². The molecule has 0 aliphatic rings. The fourth-order valence-electron chi connectivity index (χ4n) is 1.68. The van der Waals surface area contributed by atoms with Gasteiger partial charge in [0.2, 0.25) is 5.88 Å². The molecule has 1 rings (SSSR count). The molecule has 6 nitrogen and oxygen atoms in total. The third-order valence-electron chi connectivity index (χ3n) is 2.71. The Morgan fingerprint density at radius 1 is 1.33 bits per heavy atom. The molecule has 0 aromatic carbocycles. The van der Waals surface area contributed by atoms with Gasteiger partial charge < -0.3 is 24.6 Å². The van der Waals surface area contributed by atoms with Crippen molar-refractivity contribution in [1.82, 2.24) is 10.3 Å². The van der Waals surface area contributed by atoms with Crippen LogP contribution in [0.4, 0.5) is 0 Å². The molecule has 0 saturated carbocycles. The maximum atomic E-state index is 9.77. The van der Waals surface area contributed by atoms with E-state index in [1.54, 1.807) is 13.3 Å². The number of hydrogen-bond acceptors (Lipinski definition) is 6. The molecule has 1 unspecified atom stereocenters. The lowest BCUT2D eigenvalue weighted by Gasteiger charge is -2.13. The van der Waals surface area contributed by atoms with Gasteiger partial charge in [0.05, 0.1) is 39.1 Å². The first-order valence-electron chi connectivity index (χ1n) is 7.19. The van der Waals surface area contributed by atoms with Gasteiger partial charge in [-0.25, -0.2) is 4.98 Å². The molecule has 2 N–H and O–H groups in total. The molecule has 6 heteroatoms. The standard InChI is InChI=1S/C15H26N2O4/c1-12(2)21-7-6-20-11-14(18)10-16-9-13-4-5-17-15(8-13)19-3/h4-5,8,12,14,16,18H,6-7,9-11H2,1-3H3. The van der Waals surface area contributed by atoms with Gasteiger partial charge in [0.1, 0.15) is 0 Å². The molecule has 1 atom stereocenters. The quantitative estimate of drug-likeness (QED) is 0.593. The minimum Gasteiger partial charge on any atom is -0.481 e. The fraction of sp³-hybridized carbons (Fsp3) is 0.667. The van der Waals surface area contributed by atoms with Crippen molar-refractivity contribution in [2.75, 3.05) is 33.5 Å². The van der Waals surface area contributed by atoms with Gasteiger partial charge >= 0.3 is 0 Å². The number of pyridine rings is 1. The highest BCUT2D eigenvalue weighted by Gasteiger charge is 2.04. The maximum absolute atomic E-state index is 9.77. The number of aromatic nitrogens is 1. The Hall–Kier alpha value is -1.21. The summed E-state index contributed by atoms with van der Waals surface area (Å²) < 4.78 is 15.7. The Labute approximate surface area is 126 Å². The van der Waals surface area contributed by atoms with Crippen LogP contribution in [0.15, 0.2) is 18.3 Å². The third-order valence-corrected chi connectivity index (χ3v) is 2.71. The molecule has 1 heterocycles. The average Bonchev–Trinajstić information content (AvgIpc) is 2.47. The number of aliphatic hydroxyl groups excluding tert-OH is 1. The van der Waals surface area contributed by atoms with Crippen LogP contribution in [0.2, 0.25) is 0 Å². The second kappa shape index (κ2) is 10.5. The Morgan fingerprint density at radius 3 is 2.86 bits per heavy atom. The molecule has 120 valence electrons. The number of nitrogens with one attached hydrogen (secondary N) is 1. The summed E-state index contributed by atoms with van der Waals surface area (Å²) >= 11 is 0. The van der Waals surface area contributed by atoms with Crippen molar-refractivity contribution in [2.24, 2.45) is 0 Å². The summed E-state index contributed by atoms with van der Waals surface area (Å²) in [5.74, 6) is 0.586. The van der Waals surface area contributed by atoms with Gasteiger partial charge in [-0.15, -0.1) is 0 Å². The highest BCUT2D eigenvalue weighted by atomic mass is 16.5. The van der Waals surface area contributed by atoms with E-state index in [2.05, 4.69) is 10.3 Å². The van der Waals surface area contributed by atoms with E-state index in [0.29, 0.717) is 38.8 Å². The van der Waals surface area contributed by atoms with Gasteiger partial charge in [0.15, 0.2) is 0 Å². The number of ether oxygens (including phenoxy) is 3. The van der Waals surface area contributed by atoms with Crippen LogP contribution in [-0.2, 0) is 16.0 Å². The van der Waals surface area contributed by atoms with Crippen molar-refractivity contribution in [1.29, 1.82) is 0 Å². The van der Waals surface area contributed by atoms with Crippen LogP contribution in [0.3, 0.4) is 0 Å². The number of aliphatic hydroxyl groups is 1. The van der Waals surface area contributed by atoms with Gasteiger partial charge in [-0.2, -0.15) is 0 Å². The van der Waals surface area contributed by atoms with Crippen LogP contribution in [-0.4, -0.2) is 55.8 Å². The van der Waals surface area contributed by atoms with Crippen LogP contribution in [0, 0.1) is 0 Å². The molecule has 1 aromatic heterocycles. The highest BCUT2D eigenvalue weighted by molar-refractivity contribution is 5.20. The molecule has 1 aromatic rings. The van der Waals surface area contributed by atoms with Crippen molar-refractivity contribution in [2.45, 2.75) is 32.6 Å². The van der Waals surface area contributed by atoms with E-state index >= 15 is 0 Å². The SMILES string of the molecule is COc1cc(CNCC(O)COCCOC(C)C)ccn1. The van der Waals surface area contributed by atoms with Gasteiger partial charge in [-0.3, -0.25) is 0 Å². The molecule has 0 aliphatic heterocycles. The lowest BCUT2D eigenvalue weighted by Crippen LogP contribution is -2.30. The number of methoxy groups -OCH3 is 1. The lowest BCUT2D eigenvalue weighted by atomic mass is 10.2. The molecule has 0 fully saturated rings. The van der Waals surface area contributed by atoms with E-state index in [0.717, 1.165) is 5.56 Å². The number of rotatable bonds is 11. The smallest absolute Gasteiger partial charge is 0.213 e. The molecule has 0 spiro atoms. The van der Waals surface area contributed by atoms with Crippen LogP contribution in [0.1, 0.15) is 19.4 Å². The average molecular weight is 298 g/mol. The van der Waals surface area contributed by atoms with Crippen LogP contribution in [0.25, 0.3) is 0 Å². The van der Waals surface area contributed by atoms with Crippen molar-refractivity contribution < 1.29 is 19.3 Å². The van der Waals surface area contributed by atoms with Crippen molar-refractivity contribution >= 4 is 0 Å². The largest absolute Gasteiger partial charge is 0.481 e. The zero-order valence-corrected chi connectivity index (χ0v) is 13.0. The zero-order chi connectivity index (χ0) is 15.5. The Balaban J connectivity index is 2.08. The maximum Gasteiger partial charge on any atom is 0.213 e. The Kier molecular flexibility index (Phi) is 8.93. The fourth-order valence-corrected chi connectivity index (χ4v) is 1.68. The summed E-state index contributed by atoms with van der Waals surface area (Å²) in [4.78, 5) is 4.04. The van der Waals surface area contributed by atoms with E-state index in [4.69, 9.17) is 14.2 Å². The zero-order valence-electron chi connectivity index (χ0n) is 13.0. The first-order chi connectivity index (χ1) is 10.1. The van der Waals surface area contributed by atoms with Crippen molar-refractivity contribution in [3.8, 4) is 5.88 Å². The van der Waals surface area contributed by atoms with Gasteiger partial charge in [0, 0.05) is 25.4 Å². The monoisotopic (exact) mass is 298 g/mol. The first-order valence-corrected chi connectivity index (χ1v) is 7.19. The summed E-state index contributed by atoms with van der Waals surface area (Å²) in [7, 11) is 1.59. The van der Waals surface area contributed by atoms with Crippen LogP contribution in [0.5, 0.6) is 5.88 Å². The number of hydrogen-bond donors (Lipinski definition) is 2. The van der Waals surface area contributed by atoms with E-state index < -0.39 is 6.10 Å². The molecular formula is C15H26N2O4. The van der Waals surface area contributed by atoms with Crippen molar-refractivity contribution in [3.05, 3.63) is 23.9 Å². The van der Waals surface area contributed by atoms with E-state index in [1.807, 2.05) is 26.0 Å². The molecule has 0 bridgehead atoms. The van der Waals surface area contributed by atoms with Crippen molar-refractivity contribution in [3.63, 3.8) is 0 Å². The Bertz CT molecular complexity index is 388. The normalized spacial score (nSPS) is 12.6. The summed E-state index contributed by atoms with van der Waals surface area (Å²) in [5.41, 5.74) is 1.06. The van der Waals surface area contributed by atoms with E-state index in [-0.39, 0.29) is 6.10 Å². The van der Waals surface area contributed by atoms with Gasteiger partial charge in [-0.05, 0) is 25.5 Å². The molecular weight excluding hydrogens is 272 g/mol. The first kappa shape index (κ1) is 17.8. The highest BCUT2D eigenvalue weighted by Crippen LogP contribution is 2.07. The summed E-state index contributed by atoms with van der Waals surface area (Å²) in [6.07, 6.45) is 1.37. The summed E-state index contributed by atoms with van der Waals surface area (Å²) in [5, 5.41) is 12.9. The predicted molar refractivity (Wildman–Crippen MR) is 80.4 cm³/mol. The molecule has 0 radical (unpaired) electrons. The van der Waals surface area contributed by atoms with E-state index in [1.165, 1.54) is 0 Å². The number of nitrogens with zero attached hydrogens (tertiary/aromatic N) is 1. The van der Waals surface area contributed by atoms with Crippen LogP contribution >= 0.6 is 0 Å². The third kappa shape index (κ3) is 8.62. The lowest BCUT2D eigenvalue weighted by molar-refractivity contribution is -0.0100. The minimum atomic E-state index is -0.534. The van der Waals surface area contributed by atoms with Gasteiger partial charge in [-0.1, -0.05) is 0 Å². The molecule has 0 saturated heterocycles. The minimum absolute atomic E-state index is 0.206. The second-order valence-electron chi connectivity index (χ2n) is 4.99. The molecule has 0 amide bonds. The predicted octanol–water partition coefficient (Wildman–Crippen LogP) is 0.982. The summed E-state index contributed by atoms with van der Waals surface area (Å²) in [6.45, 7) is 6.42. The molecule has 0 aliphatic carbocycles. The van der Waals surface area contributed by atoms with Gasteiger partial charge in [0.25, 0.3) is 0 Å².